The Kier molecular flexibility index (Phi) is 4.89. The summed E-state index contributed by atoms with van der Waals surface area (Å²) in [5, 5.41) is 0. The molecule has 0 N–H and O–H groups in total. The lowest BCUT2D eigenvalue weighted by Crippen LogP contribution is -2.24. The molecule has 18 heavy (non-hydrogen) atoms. The molecule has 0 atom stereocenters. The van der Waals surface area contributed by atoms with Crippen molar-refractivity contribution < 1.29 is 19.1 Å². The summed E-state index contributed by atoms with van der Waals surface area (Å²) in [6, 6.07) is 6.82. The van der Waals surface area contributed by atoms with Crippen molar-refractivity contribution in [3.63, 3.8) is 0 Å². The van der Waals surface area contributed by atoms with Gasteiger partial charge in [0.15, 0.2) is 0 Å². The van der Waals surface area contributed by atoms with E-state index in [1.807, 2.05) is 0 Å². The minimum absolute atomic E-state index is 0.196. The third-order valence-electron chi connectivity index (χ3n) is 2.19. The summed E-state index contributed by atoms with van der Waals surface area (Å²) in [6.07, 6.45) is 0.756. The van der Waals surface area contributed by atoms with E-state index in [0.29, 0.717) is 11.3 Å². The van der Waals surface area contributed by atoms with Gasteiger partial charge < -0.3 is 9.47 Å². The van der Waals surface area contributed by atoms with Gasteiger partial charge in [0.1, 0.15) is 25.2 Å². The van der Waals surface area contributed by atoms with Gasteiger partial charge in [0.05, 0.1) is 5.41 Å². The van der Waals surface area contributed by atoms with Gasteiger partial charge in [-0.2, -0.15) is 0 Å². The summed E-state index contributed by atoms with van der Waals surface area (Å²) in [4.78, 5) is 22.0. The van der Waals surface area contributed by atoms with E-state index >= 15 is 0 Å². The molecule has 1 aromatic carbocycles. The van der Waals surface area contributed by atoms with Gasteiger partial charge in [-0.1, -0.05) is 12.1 Å². The fraction of sp³-hybridized carbons (Fsp3) is 0.429. The first-order chi connectivity index (χ1) is 8.43. The second-order valence-corrected chi connectivity index (χ2v) is 4.92. The first-order valence-electron chi connectivity index (χ1n) is 5.79. The first kappa shape index (κ1) is 14.2. The Bertz CT molecular complexity index is 418. The maximum absolute atomic E-state index is 11.5. The van der Waals surface area contributed by atoms with E-state index in [2.05, 4.69) is 0 Å². The fourth-order valence-corrected chi connectivity index (χ4v) is 1.19. The summed E-state index contributed by atoms with van der Waals surface area (Å²) in [7, 11) is 0. The van der Waals surface area contributed by atoms with Crippen LogP contribution in [-0.4, -0.2) is 25.5 Å². The number of hydrogen-bond donors (Lipinski definition) is 0. The molecule has 0 amide bonds. The maximum atomic E-state index is 11.5. The average Bonchev–Trinajstić information content (AvgIpc) is 2.33. The molecule has 1 aromatic rings. The van der Waals surface area contributed by atoms with Gasteiger partial charge in [-0.3, -0.25) is 9.59 Å². The monoisotopic (exact) mass is 250 g/mol. The topological polar surface area (TPSA) is 52.6 Å². The fourth-order valence-electron chi connectivity index (χ4n) is 1.19. The van der Waals surface area contributed by atoms with E-state index in [0.717, 1.165) is 6.29 Å². The lowest BCUT2D eigenvalue weighted by molar-refractivity contribution is -0.153. The number of rotatable bonds is 5. The molecule has 0 spiro atoms. The van der Waals surface area contributed by atoms with E-state index in [-0.39, 0.29) is 19.2 Å². The average molecular weight is 250 g/mol. The van der Waals surface area contributed by atoms with Crippen molar-refractivity contribution in [2.24, 2.45) is 5.41 Å². The molecule has 0 unspecified atom stereocenters. The van der Waals surface area contributed by atoms with Crippen LogP contribution in [0.4, 0.5) is 0 Å². The molecule has 0 aliphatic rings. The lowest BCUT2D eigenvalue weighted by atomic mass is 9.97. The molecule has 0 aliphatic carbocycles. The van der Waals surface area contributed by atoms with E-state index < -0.39 is 5.41 Å². The lowest BCUT2D eigenvalue weighted by Gasteiger charge is -2.16. The molecule has 4 heteroatoms. The molecule has 0 heterocycles. The van der Waals surface area contributed by atoms with Crippen molar-refractivity contribution in [3.05, 3.63) is 29.8 Å². The predicted molar refractivity (Wildman–Crippen MR) is 67.7 cm³/mol. The Hall–Kier alpha value is -1.84. The van der Waals surface area contributed by atoms with Crippen molar-refractivity contribution in [1.29, 1.82) is 0 Å². The van der Waals surface area contributed by atoms with Crippen molar-refractivity contribution in [2.45, 2.75) is 20.8 Å². The van der Waals surface area contributed by atoms with Crippen molar-refractivity contribution in [1.82, 2.24) is 0 Å². The van der Waals surface area contributed by atoms with E-state index in [9.17, 15) is 9.59 Å². The highest BCUT2D eigenvalue weighted by atomic mass is 16.6. The second-order valence-electron chi connectivity index (χ2n) is 4.92. The second kappa shape index (κ2) is 6.19. The smallest absolute Gasteiger partial charge is 0.311 e. The zero-order valence-electron chi connectivity index (χ0n) is 10.9. The van der Waals surface area contributed by atoms with E-state index in [1.54, 1.807) is 45.0 Å². The molecule has 0 saturated heterocycles. The third kappa shape index (κ3) is 4.57. The van der Waals surface area contributed by atoms with E-state index in [1.165, 1.54) is 0 Å². The van der Waals surface area contributed by atoms with Crippen molar-refractivity contribution >= 4 is 12.3 Å². The van der Waals surface area contributed by atoms with Crippen LogP contribution in [-0.2, 0) is 9.53 Å². The van der Waals surface area contributed by atoms with Gasteiger partial charge in [0, 0.05) is 5.56 Å². The van der Waals surface area contributed by atoms with Crippen LogP contribution >= 0.6 is 0 Å². The molecule has 98 valence electrons. The molecule has 4 nitrogen and oxygen atoms in total. The molecular weight excluding hydrogens is 232 g/mol. The number of carbonyl (C=O) groups is 2. The number of ether oxygens (including phenoxy) is 2. The quantitative estimate of drug-likeness (QED) is 0.457. The van der Waals surface area contributed by atoms with Crippen LogP contribution in [0.5, 0.6) is 5.75 Å². The zero-order chi connectivity index (χ0) is 13.6. The summed E-state index contributed by atoms with van der Waals surface area (Å²) in [5.74, 6) is 0.333. The summed E-state index contributed by atoms with van der Waals surface area (Å²) in [6.45, 7) is 5.85. The Balaban J connectivity index is 2.34. The van der Waals surface area contributed by atoms with Crippen molar-refractivity contribution in [3.8, 4) is 5.75 Å². The maximum Gasteiger partial charge on any atom is 0.311 e. The molecular formula is C14H18O4. The highest BCUT2D eigenvalue weighted by Gasteiger charge is 2.22. The normalized spacial score (nSPS) is 10.8. The molecule has 0 bridgehead atoms. The number of esters is 1. The van der Waals surface area contributed by atoms with Gasteiger partial charge in [0.25, 0.3) is 0 Å². The van der Waals surface area contributed by atoms with Crippen LogP contribution in [0.15, 0.2) is 24.3 Å². The summed E-state index contributed by atoms with van der Waals surface area (Å²) in [5.41, 5.74) is 0.0523. The Labute approximate surface area is 107 Å². The number of carbonyl (C=O) groups excluding carboxylic acids is 2. The third-order valence-corrected chi connectivity index (χ3v) is 2.19. The predicted octanol–water partition coefficient (Wildman–Crippen LogP) is 2.47. The van der Waals surface area contributed by atoms with Gasteiger partial charge >= 0.3 is 5.97 Å². The molecule has 0 fully saturated rings. The largest absolute Gasteiger partial charge is 0.490 e. The van der Waals surface area contributed by atoms with E-state index in [4.69, 9.17) is 9.47 Å². The minimum atomic E-state index is -0.503. The number of benzene rings is 1. The van der Waals surface area contributed by atoms with Gasteiger partial charge in [-0.15, -0.1) is 0 Å². The van der Waals surface area contributed by atoms with Crippen LogP contribution in [0, 0.1) is 5.41 Å². The Morgan fingerprint density at radius 2 is 2.00 bits per heavy atom. The number of aldehydes is 1. The zero-order valence-corrected chi connectivity index (χ0v) is 10.9. The Morgan fingerprint density at radius 1 is 1.28 bits per heavy atom. The van der Waals surface area contributed by atoms with Gasteiger partial charge in [-0.05, 0) is 32.9 Å². The molecule has 0 aromatic heterocycles. The minimum Gasteiger partial charge on any atom is -0.490 e. The first-order valence-corrected chi connectivity index (χ1v) is 5.79. The highest BCUT2D eigenvalue weighted by molar-refractivity contribution is 5.75. The SMILES string of the molecule is CC(C)(C)C(=O)OCCOc1cccc(C=O)c1. The van der Waals surface area contributed by atoms with Crippen LogP contribution in [0.2, 0.25) is 0 Å². The van der Waals surface area contributed by atoms with Crippen LogP contribution in [0.25, 0.3) is 0 Å². The van der Waals surface area contributed by atoms with Crippen LogP contribution in [0.3, 0.4) is 0 Å². The number of hydrogen-bond acceptors (Lipinski definition) is 4. The van der Waals surface area contributed by atoms with Crippen molar-refractivity contribution in [2.75, 3.05) is 13.2 Å². The van der Waals surface area contributed by atoms with Crippen LogP contribution in [0.1, 0.15) is 31.1 Å². The van der Waals surface area contributed by atoms with Gasteiger partial charge in [-0.25, -0.2) is 0 Å². The molecule has 0 radical (unpaired) electrons. The molecule has 0 saturated carbocycles. The standard InChI is InChI=1S/C14H18O4/c1-14(2,3)13(16)18-8-7-17-12-6-4-5-11(9-12)10-15/h4-6,9-10H,7-8H2,1-3H3. The molecule has 1 rings (SSSR count). The molecule has 0 aliphatic heterocycles. The van der Waals surface area contributed by atoms with Crippen LogP contribution < -0.4 is 4.74 Å². The highest BCUT2D eigenvalue weighted by Crippen LogP contribution is 2.15. The summed E-state index contributed by atoms with van der Waals surface area (Å²) >= 11 is 0. The van der Waals surface area contributed by atoms with Gasteiger partial charge in [0.2, 0.25) is 0 Å². The Morgan fingerprint density at radius 3 is 2.61 bits per heavy atom. The summed E-state index contributed by atoms with van der Waals surface area (Å²) < 4.78 is 10.4.